The largest absolute Gasteiger partial charge is 0.512 e. The predicted molar refractivity (Wildman–Crippen MR) is 88.8 cm³/mol. The number of allylic oxidation sites excluding steroid dienone is 2. The van der Waals surface area contributed by atoms with Gasteiger partial charge in [0.2, 0.25) is 0 Å². The molecule has 0 atom stereocenters. The quantitative estimate of drug-likeness (QED) is 0.699. The number of nitrogens with zero attached hydrogens (tertiary/aromatic N) is 1. The van der Waals surface area contributed by atoms with Crippen molar-refractivity contribution >= 4 is 11.0 Å². The second-order valence-electron chi connectivity index (χ2n) is 6.53. The highest BCUT2D eigenvalue weighted by Gasteiger charge is 2.11. The van der Waals surface area contributed by atoms with E-state index in [0.717, 1.165) is 23.2 Å². The lowest BCUT2D eigenvalue weighted by Crippen LogP contribution is -2.22. The van der Waals surface area contributed by atoms with Crippen LogP contribution in [0.2, 0.25) is 0 Å². The van der Waals surface area contributed by atoms with Crippen molar-refractivity contribution in [3.8, 4) is 0 Å². The van der Waals surface area contributed by atoms with Gasteiger partial charge in [-0.05, 0) is 37.0 Å². The summed E-state index contributed by atoms with van der Waals surface area (Å²) < 4.78 is 0. The fraction of sp³-hybridized carbons (Fsp3) is 0.412. The molecule has 0 aliphatic carbocycles. The lowest BCUT2D eigenvalue weighted by Gasteiger charge is -2.22. The molecule has 0 fully saturated rings. The van der Waals surface area contributed by atoms with E-state index < -0.39 is 0 Å². The van der Waals surface area contributed by atoms with Gasteiger partial charge in [0, 0.05) is 12.1 Å². The third kappa shape index (κ3) is 4.18. The number of fused-ring (bicyclic) bond motifs is 1. The van der Waals surface area contributed by atoms with E-state index in [1.54, 1.807) is 6.08 Å². The molecule has 0 spiro atoms. The summed E-state index contributed by atoms with van der Waals surface area (Å²) >= 11 is 0. The fourth-order valence-electron chi connectivity index (χ4n) is 2.01. The zero-order valence-electron chi connectivity index (χ0n) is 13.3. The molecule has 4 nitrogen and oxygen atoms in total. The Morgan fingerprint density at radius 2 is 2.05 bits per heavy atom. The van der Waals surface area contributed by atoms with Gasteiger partial charge in [-0.15, -0.1) is 0 Å². The number of nitrogens with one attached hydrogen (secondary N) is 2. The van der Waals surface area contributed by atoms with Crippen LogP contribution in [-0.2, 0) is 0 Å². The molecule has 2 rings (SSSR count). The number of aliphatic hydroxyl groups excluding tert-OH is 1. The fourth-order valence-corrected chi connectivity index (χ4v) is 2.01. The van der Waals surface area contributed by atoms with Crippen molar-refractivity contribution in [1.29, 1.82) is 0 Å². The first kappa shape index (κ1) is 15.3. The van der Waals surface area contributed by atoms with E-state index in [0.29, 0.717) is 12.2 Å². The van der Waals surface area contributed by atoms with Crippen LogP contribution >= 0.6 is 0 Å². The van der Waals surface area contributed by atoms with Gasteiger partial charge in [-0.2, -0.15) is 4.79 Å². The van der Waals surface area contributed by atoms with Crippen molar-refractivity contribution in [3.05, 3.63) is 47.9 Å². The minimum atomic E-state index is 0.221. The molecule has 114 valence electrons. The minimum Gasteiger partial charge on any atom is -0.512 e. The van der Waals surface area contributed by atoms with Crippen LogP contribution in [-0.4, -0.2) is 15.0 Å². The normalized spacial score (nSPS) is 13.9. The Labute approximate surface area is 126 Å². The molecule has 0 amide bonds. The molecule has 4 heteroatoms. The summed E-state index contributed by atoms with van der Waals surface area (Å²) in [6, 6.07) is 8.10. The van der Waals surface area contributed by atoms with E-state index in [-0.39, 0.29) is 5.41 Å². The molecule has 21 heavy (non-hydrogen) atoms. The summed E-state index contributed by atoms with van der Waals surface area (Å²) in [5, 5.41) is 13.0. The summed E-state index contributed by atoms with van der Waals surface area (Å²) in [6.45, 7) is 8.45. The van der Waals surface area contributed by atoms with Gasteiger partial charge in [-0.1, -0.05) is 39.0 Å². The number of hydrogen-bond donors (Lipinski definition) is 3. The van der Waals surface area contributed by atoms with Crippen LogP contribution in [0.15, 0.2) is 47.9 Å². The molecule has 0 aliphatic heterocycles. The summed E-state index contributed by atoms with van der Waals surface area (Å²) in [5.41, 5.74) is 6.76. The Kier molecular flexibility index (Phi) is 4.46. The summed E-state index contributed by atoms with van der Waals surface area (Å²) in [4.78, 5) is 1.88. The molecule has 0 aliphatic rings. The average Bonchev–Trinajstić information content (AvgIpc) is 2.40. The molecule has 0 saturated carbocycles. The first-order valence-corrected chi connectivity index (χ1v) is 7.35. The molecule has 1 heterocycles. The van der Waals surface area contributed by atoms with Crippen LogP contribution in [0, 0.1) is 5.41 Å². The molecular formula is C17H25N3O. The highest BCUT2D eigenvalue weighted by molar-refractivity contribution is 5.77. The number of benzene rings is 1. The zero-order chi connectivity index (χ0) is 15.5. The number of aliphatic hydroxyl groups is 1. The first-order chi connectivity index (χ1) is 9.89. The van der Waals surface area contributed by atoms with Crippen molar-refractivity contribution in [2.45, 2.75) is 40.5 Å². The van der Waals surface area contributed by atoms with E-state index in [9.17, 15) is 5.11 Å². The second-order valence-corrected chi connectivity index (χ2v) is 6.53. The number of para-hydroxylation sites is 2. The Balaban J connectivity index is 2.16. The van der Waals surface area contributed by atoms with Gasteiger partial charge < -0.3 is 5.11 Å². The van der Waals surface area contributed by atoms with Gasteiger partial charge in [0.05, 0.1) is 11.3 Å². The SMILES string of the molecule is C/C=C(/O)C/C(=C\CC(C)(C)C)Nn1[nH]c2ccccc21. The lowest BCUT2D eigenvalue weighted by atomic mass is 9.91. The molecule has 1 aromatic carbocycles. The van der Waals surface area contributed by atoms with Gasteiger partial charge >= 0.3 is 0 Å². The first-order valence-electron chi connectivity index (χ1n) is 7.35. The highest BCUT2D eigenvalue weighted by atomic mass is 16.3. The highest BCUT2D eigenvalue weighted by Crippen LogP contribution is 2.22. The van der Waals surface area contributed by atoms with Crippen molar-refractivity contribution in [2.24, 2.45) is 5.41 Å². The molecule has 3 N–H and O–H groups in total. The van der Waals surface area contributed by atoms with Crippen LogP contribution in [0.5, 0.6) is 0 Å². The predicted octanol–water partition coefficient (Wildman–Crippen LogP) is 4.68. The summed E-state index contributed by atoms with van der Waals surface area (Å²) in [6.07, 6.45) is 5.33. The molecule has 0 bridgehead atoms. The smallest absolute Gasteiger partial charge is 0.106 e. The number of aromatic amines is 1. The molecule has 0 unspecified atom stereocenters. The van der Waals surface area contributed by atoms with E-state index in [4.69, 9.17) is 0 Å². The van der Waals surface area contributed by atoms with Gasteiger partial charge in [-0.25, -0.2) is 0 Å². The van der Waals surface area contributed by atoms with Crippen LogP contribution < -0.4 is 5.43 Å². The van der Waals surface area contributed by atoms with Crippen molar-refractivity contribution in [1.82, 2.24) is 9.89 Å². The lowest BCUT2D eigenvalue weighted by molar-refractivity contribution is 0.393. The van der Waals surface area contributed by atoms with E-state index in [2.05, 4.69) is 43.4 Å². The Morgan fingerprint density at radius 3 is 2.67 bits per heavy atom. The molecule has 1 aromatic heterocycles. The van der Waals surface area contributed by atoms with E-state index in [1.165, 1.54) is 0 Å². The third-order valence-corrected chi connectivity index (χ3v) is 3.30. The maximum absolute atomic E-state index is 9.80. The van der Waals surface area contributed by atoms with Gasteiger partial charge in [0.15, 0.2) is 0 Å². The van der Waals surface area contributed by atoms with Crippen LogP contribution in [0.1, 0.15) is 40.5 Å². The van der Waals surface area contributed by atoms with Crippen molar-refractivity contribution in [3.63, 3.8) is 0 Å². The van der Waals surface area contributed by atoms with Crippen molar-refractivity contribution in [2.75, 3.05) is 5.43 Å². The second kappa shape index (κ2) is 6.12. The van der Waals surface area contributed by atoms with Gasteiger partial charge in [-0.3, -0.25) is 10.5 Å². The van der Waals surface area contributed by atoms with Crippen LogP contribution in [0.4, 0.5) is 0 Å². The van der Waals surface area contributed by atoms with Crippen molar-refractivity contribution < 1.29 is 5.11 Å². The Hall–Kier alpha value is -2.10. The number of H-pyrrole nitrogens is 1. The number of hydrogen-bond acceptors (Lipinski definition) is 2. The molecular weight excluding hydrogens is 262 g/mol. The van der Waals surface area contributed by atoms with Gasteiger partial charge in [0.25, 0.3) is 0 Å². The van der Waals surface area contributed by atoms with E-state index in [1.807, 2.05) is 29.9 Å². The zero-order valence-corrected chi connectivity index (χ0v) is 13.3. The molecule has 2 aromatic rings. The maximum Gasteiger partial charge on any atom is 0.106 e. The monoisotopic (exact) mass is 287 g/mol. The van der Waals surface area contributed by atoms with Crippen LogP contribution in [0.25, 0.3) is 11.0 Å². The number of rotatable bonds is 5. The van der Waals surface area contributed by atoms with Crippen LogP contribution in [0.3, 0.4) is 0 Å². The molecule has 0 radical (unpaired) electrons. The summed E-state index contributed by atoms with van der Waals surface area (Å²) in [7, 11) is 0. The van der Waals surface area contributed by atoms with Gasteiger partial charge in [0.1, 0.15) is 5.52 Å². The maximum atomic E-state index is 9.80. The minimum absolute atomic E-state index is 0.221. The third-order valence-electron chi connectivity index (χ3n) is 3.30. The van der Waals surface area contributed by atoms with E-state index >= 15 is 0 Å². The number of aromatic nitrogens is 2. The molecule has 0 saturated heterocycles. The standard InChI is InChI=1S/C17H25N3O/c1-5-14(21)12-13(10-11-17(2,3)4)18-20-16-9-7-6-8-15(16)19-20/h5-10,18-19,21H,11-12H2,1-4H3/b13-10+,14-5+. The average molecular weight is 287 g/mol. The Bertz CT molecular complexity index is 653. The summed E-state index contributed by atoms with van der Waals surface area (Å²) in [5.74, 6) is 0.372. The topological polar surface area (TPSA) is 53.0 Å². The Morgan fingerprint density at radius 1 is 1.33 bits per heavy atom.